The number of likely N-dealkylation sites (N-methyl/N-ethyl adjacent to an activating group) is 1. The van der Waals surface area contributed by atoms with Crippen molar-refractivity contribution in [1.29, 1.82) is 5.26 Å². The van der Waals surface area contributed by atoms with Crippen molar-refractivity contribution in [1.82, 2.24) is 15.1 Å². The highest BCUT2D eigenvalue weighted by Crippen LogP contribution is 2.36. The zero-order chi connectivity index (χ0) is 18.1. The summed E-state index contributed by atoms with van der Waals surface area (Å²) in [5.74, 6) is 0.801. The van der Waals surface area contributed by atoms with Gasteiger partial charge in [-0.3, -0.25) is 14.6 Å². The van der Waals surface area contributed by atoms with Gasteiger partial charge in [-0.15, -0.1) is 0 Å². The van der Waals surface area contributed by atoms with E-state index >= 15 is 0 Å². The Balaban J connectivity index is 1.38. The van der Waals surface area contributed by atoms with Crippen LogP contribution in [0.5, 0.6) is 0 Å². The number of carbonyl (C=O) groups is 1. The maximum Gasteiger partial charge on any atom is 0.239 e. The second-order valence-corrected chi connectivity index (χ2v) is 7.91. The molecule has 1 aromatic carbocycles. The summed E-state index contributed by atoms with van der Waals surface area (Å²) in [6.07, 6.45) is 2.56. The minimum absolute atomic E-state index is 0.0552. The van der Waals surface area contributed by atoms with E-state index in [1.165, 1.54) is 12.8 Å². The average molecular weight is 354 g/mol. The predicted octanol–water partition coefficient (Wildman–Crippen LogP) is 0.969. The highest BCUT2D eigenvalue weighted by molar-refractivity contribution is 5.81. The van der Waals surface area contributed by atoms with Crippen molar-refractivity contribution in [2.24, 2.45) is 5.92 Å². The molecule has 3 aliphatic rings. The molecule has 1 amide bonds. The topological polar surface area (TPSA) is 68.6 Å². The largest absolute Gasteiger partial charge is 0.369 e. The molecule has 1 saturated carbocycles. The van der Waals surface area contributed by atoms with E-state index in [2.05, 4.69) is 21.2 Å². The smallest absolute Gasteiger partial charge is 0.239 e. The third-order valence-electron chi connectivity index (χ3n) is 5.77. The van der Waals surface area contributed by atoms with Crippen LogP contribution < -0.4 is 5.32 Å². The molecule has 1 aliphatic carbocycles. The lowest BCUT2D eigenvalue weighted by Crippen LogP contribution is -2.72. The summed E-state index contributed by atoms with van der Waals surface area (Å²) in [7, 11) is 1.69. The fraction of sp³-hybridized carbons (Fsp3) is 0.600. The summed E-state index contributed by atoms with van der Waals surface area (Å²) in [6, 6.07) is 9.87. The standard InChI is InChI=1S/C20H26N4O2/c1-22-19(25)18-11-26-20(14-24(18)9-15-6-7-15)12-23(13-20)10-17-5-3-2-4-16(17)8-21/h2-5,15,18H,6-7,9-14H2,1H3,(H,22,25). The minimum Gasteiger partial charge on any atom is -0.369 e. The molecule has 0 radical (unpaired) electrons. The highest BCUT2D eigenvalue weighted by atomic mass is 16.5. The van der Waals surface area contributed by atoms with Gasteiger partial charge in [0.15, 0.2) is 0 Å². The number of likely N-dealkylation sites (tertiary alicyclic amines) is 1. The normalized spacial score (nSPS) is 25.5. The third-order valence-corrected chi connectivity index (χ3v) is 5.77. The van der Waals surface area contributed by atoms with Gasteiger partial charge in [-0.1, -0.05) is 18.2 Å². The van der Waals surface area contributed by atoms with Gasteiger partial charge in [0, 0.05) is 39.8 Å². The van der Waals surface area contributed by atoms with Crippen molar-refractivity contribution in [3.8, 4) is 6.07 Å². The Labute approximate surface area is 154 Å². The van der Waals surface area contributed by atoms with E-state index < -0.39 is 0 Å². The van der Waals surface area contributed by atoms with Crippen molar-refractivity contribution < 1.29 is 9.53 Å². The van der Waals surface area contributed by atoms with Gasteiger partial charge in [-0.05, 0) is 30.4 Å². The van der Waals surface area contributed by atoms with E-state index in [-0.39, 0.29) is 17.6 Å². The minimum atomic E-state index is -0.167. The highest BCUT2D eigenvalue weighted by Gasteiger charge is 2.50. The van der Waals surface area contributed by atoms with Crippen LogP contribution in [0.2, 0.25) is 0 Å². The first kappa shape index (κ1) is 17.5. The van der Waals surface area contributed by atoms with E-state index in [1.807, 2.05) is 24.3 Å². The number of nitriles is 1. The Kier molecular flexibility index (Phi) is 4.70. The number of benzene rings is 1. The van der Waals surface area contributed by atoms with Gasteiger partial charge >= 0.3 is 0 Å². The molecule has 4 rings (SSSR count). The molecule has 6 nitrogen and oxygen atoms in total. The molecule has 0 aromatic heterocycles. The zero-order valence-corrected chi connectivity index (χ0v) is 15.3. The quantitative estimate of drug-likeness (QED) is 0.853. The van der Waals surface area contributed by atoms with Gasteiger partial charge in [-0.25, -0.2) is 0 Å². The molecule has 1 aromatic rings. The summed E-state index contributed by atoms with van der Waals surface area (Å²) in [4.78, 5) is 16.9. The summed E-state index contributed by atoms with van der Waals surface area (Å²) in [5.41, 5.74) is 1.65. The van der Waals surface area contributed by atoms with Crippen LogP contribution in [0, 0.1) is 17.2 Å². The number of ether oxygens (including phenoxy) is 1. The number of hydrogen-bond acceptors (Lipinski definition) is 5. The van der Waals surface area contributed by atoms with Crippen molar-refractivity contribution in [3.05, 3.63) is 35.4 Å². The van der Waals surface area contributed by atoms with Gasteiger partial charge in [0.05, 0.1) is 18.2 Å². The molecule has 1 atom stereocenters. The number of hydrogen-bond donors (Lipinski definition) is 1. The van der Waals surface area contributed by atoms with Crippen LogP contribution in [0.1, 0.15) is 24.0 Å². The zero-order valence-electron chi connectivity index (χ0n) is 15.3. The van der Waals surface area contributed by atoms with E-state index in [1.54, 1.807) is 7.05 Å². The molecular weight excluding hydrogens is 328 g/mol. The van der Waals surface area contributed by atoms with E-state index in [4.69, 9.17) is 4.74 Å². The number of morpholine rings is 1. The predicted molar refractivity (Wildman–Crippen MR) is 97.3 cm³/mol. The second-order valence-electron chi connectivity index (χ2n) is 7.91. The maximum atomic E-state index is 12.2. The fourth-order valence-corrected chi connectivity index (χ4v) is 4.20. The van der Waals surface area contributed by atoms with Crippen LogP contribution in [0.3, 0.4) is 0 Å². The summed E-state index contributed by atoms with van der Waals surface area (Å²) >= 11 is 0. The third kappa shape index (κ3) is 3.48. The molecular formula is C20H26N4O2. The van der Waals surface area contributed by atoms with Crippen molar-refractivity contribution in [3.63, 3.8) is 0 Å². The summed E-state index contributed by atoms with van der Waals surface area (Å²) in [6.45, 7) is 4.77. The number of nitrogens with zero attached hydrogens (tertiary/aromatic N) is 3. The SMILES string of the molecule is CNC(=O)C1COC2(CN(Cc3ccccc3C#N)C2)CN1CC1CC1. The van der Waals surface area contributed by atoms with Crippen LogP contribution in [-0.2, 0) is 16.1 Å². The average Bonchev–Trinajstić information content (AvgIpc) is 3.44. The lowest BCUT2D eigenvalue weighted by molar-refractivity contribution is -0.203. The van der Waals surface area contributed by atoms with Crippen LogP contribution in [0.25, 0.3) is 0 Å². The molecule has 138 valence electrons. The van der Waals surface area contributed by atoms with E-state index in [9.17, 15) is 10.1 Å². The van der Waals surface area contributed by atoms with Gasteiger partial charge in [0.25, 0.3) is 0 Å². The van der Waals surface area contributed by atoms with Crippen molar-refractivity contribution in [2.45, 2.75) is 31.0 Å². The van der Waals surface area contributed by atoms with E-state index in [0.29, 0.717) is 6.61 Å². The molecule has 2 saturated heterocycles. The Morgan fingerprint density at radius 1 is 1.35 bits per heavy atom. The van der Waals surface area contributed by atoms with Crippen molar-refractivity contribution >= 4 is 5.91 Å². The van der Waals surface area contributed by atoms with Crippen LogP contribution in [0.4, 0.5) is 0 Å². The molecule has 2 aliphatic heterocycles. The summed E-state index contributed by atoms with van der Waals surface area (Å²) < 4.78 is 6.18. The lowest BCUT2D eigenvalue weighted by Gasteiger charge is -2.55. The van der Waals surface area contributed by atoms with Gasteiger partial charge in [-0.2, -0.15) is 5.26 Å². The van der Waals surface area contributed by atoms with Gasteiger partial charge in [0.2, 0.25) is 5.91 Å². The van der Waals surface area contributed by atoms with Gasteiger partial charge in [0.1, 0.15) is 11.6 Å². The molecule has 1 spiro atoms. The Morgan fingerprint density at radius 2 is 2.12 bits per heavy atom. The first-order chi connectivity index (χ1) is 12.6. The molecule has 1 unspecified atom stereocenters. The van der Waals surface area contributed by atoms with Crippen LogP contribution in [0.15, 0.2) is 24.3 Å². The molecule has 26 heavy (non-hydrogen) atoms. The lowest BCUT2D eigenvalue weighted by atomic mass is 9.89. The molecule has 0 bridgehead atoms. The van der Waals surface area contributed by atoms with E-state index in [0.717, 1.165) is 49.8 Å². The summed E-state index contributed by atoms with van der Waals surface area (Å²) in [5, 5.41) is 12.0. The van der Waals surface area contributed by atoms with Crippen molar-refractivity contribution in [2.75, 3.05) is 39.8 Å². The number of rotatable bonds is 5. The fourth-order valence-electron chi connectivity index (χ4n) is 4.20. The second kappa shape index (κ2) is 6.99. The maximum absolute atomic E-state index is 12.2. The first-order valence-corrected chi connectivity index (χ1v) is 9.42. The molecule has 6 heteroatoms. The first-order valence-electron chi connectivity index (χ1n) is 9.42. The Hall–Kier alpha value is -1.94. The Bertz CT molecular complexity index is 719. The van der Waals surface area contributed by atoms with Crippen LogP contribution in [-0.4, -0.2) is 67.2 Å². The number of amides is 1. The molecule has 3 fully saturated rings. The molecule has 2 heterocycles. The van der Waals surface area contributed by atoms with Gasteiger partial charge < -0.3 is 10.1 Å². The Morgan fingerprint density at radius 3 is 2.81 bits per heavy atom. The van der Waals surface area contributed by atoms with Crippen LogP contribution >= 0.6 is 0 Å². The number of carbonyl (C=O) groups excluding carboxylic acids is 1. The monoisotopic (exact) mass is 354 g/mol. The number of nitrogens with one attached hydrogen (secondary N) is 1. The molecule has 1 N–H and O–H groups in total.